The molecule has 2 atom stereocenters. The van der Waals surface area contributed by atoms with E-state index in [4.69, 9.17) is 16.3 Å². The first-order valence-electron chi connectivity index (χ1n) is 6.64. The fourth-order valence-corrected chi connectivity index (χ4v) is 1.80. The standard InChI is InChI=1S/C13H18ClN3O6/c1-13(2,3)23-12(20)16-6-9(18)10(19)8-4-7(17(21)22)5-15-11(8)14/h4-5,9-10,18-19H,6H2,1-3H3,(H,16,20). The van der Waals surface area contributed by atoms with Gasteiger partial charge in [0.2, 0.25) is 0 Å². The Bertz CT molecular complexity index is 590. The average Bonchev–Trinajstić information content (AvgIpc) is 2.42. The molecule has 1 heterocycles. The summed E-state index contributed by atoms with van der Waals surface area (Å²) in [4.78, 5) is 25.1. The van der Waals surface area contributed by atoms with Gasteiger partial charge in [0.25, 0.3) is 5.69 Å². The van der Waals surface area contributed by atoms with Gasteiger partial charge in [-0.15, -0.1) is 0 Å². The number of hydrogen-bond donors (Lipinski definition) is 3. The van der Waals surface area contributed by atoms with Crippen LogP contribution in [0.4, 0.5) is 10.5 Å². The Balaban J connectivity index is 2.73. The van der Waals surface area contributed by atoms with Crippen LogP contribution >= 0.6 is 11.6 Å². The summed E-state index contributed by atoms with van der Waals surface area (Å²) >= 11 is 5.77. The van der Waals surface area contributed by atoms with Gasteiger partial charge >= 0.3 is 6.09 Å². The molecule has 0 aliphatic heterocycles. The maximum Gasteiger partial charge on any atom is 0.407 e. The molecular formula is C13H18ClN3O6. The quantitative estimate of drug-likeness (QED) is 0.418. The summed E-state index contributed by atoms with van der Waals surface area (Å²) in [7, 11) is 0. The van der Waals surface area contributed by atoms with Crippen LogP contribution in [0.25, 0.3) is 0 Å². The van der Waals surface area contributed by atoms with Crippen molar-refractivity contribution >= 4 is 23.4 Å². The molecule has 0 aliphatic rings. The third-order valence-corrected chi connectivity index (χ3v) is 2.92. The number of carbonyl (C=O) groups excluding carboxylic acids is 1. The first-order valence-corrected chi connectivity index (χ1v) is 7.02. The van der Waals surface area contributed by atoms with E-state index >= 15 is 0 Å². The number of alkyl carbamates (subject to hydrolysis) is 1. The molecule has 128 valence electrons. The molecule has 0 aromatic carbocycles. The van der Waals surface area contributed by atoms with Crippen LogP contribution in [-0.4, -0.2) is 44.5 Å². The van der Waals surface area contributed by atoms with Crippen molar-refractivity contribution in [2.75, 3.05) is 6.54 Å². The number of carbonyl (C=O) groups is 1. The molecule has 0 fully saturated rings. The van der Waals surface area contributed by atoms with Gasteiger partial charge in [0.1, 0.15) is 29.2 Å². The van der Waals surface area contributed by atoms with Crippen molar-refractivity contribution in [2.24, 2.45) is 0 Å². The zero-order valence-electron chi connectivity index (χ0n) is 12.8. The Labute approximate surface area is 137 Å². The second-order valence-electron chi connectivity index (χ2n) is 5.73. The summed E-state index contributed by atoms with van der Waals surface area (Å²) in [5.41, 5.74) is -1.20. The van der Waals surface area contributed by atoms with E-state index in [2.05, 4.69) is 10.3 Å². The fraction of sp³-hybridized carbons (Fsp3) is 0.538. The van der Waals surface area contributed by atoms with Crippen molar-refractivity contribution in [2.45, 2.75) is 38.6 Å². The van der Waals surface area contributed by atoms with E-state index in [0.717, 1.165) is 12.3 Å². The molecule has 0 radical (unpaired) electrons. The van der Waals surface area contributed by atoms with E-state index in [1.807, 2.05) is 0 Å². The van der Waals surface area contributed by atoms with Gasteiger partial charge < -0.3 is 20.3 Å². The van der Waals surface area contributed by atoms with Crippen molar-refractivity contribution in [3.63, 3.8) is 0 Å². The van der Waals surface area contributed by atoms with E-state index in [-0.39, 0.29) is 22.9 Å². The summed E-state index contributed by atoms with van der Waals surface area (Å²) in [6.07, 6.45) is -2.86. The van der Waals surface area contributed by atoms with E-state index < -0.39 is 28.8 Å². The molecule has 1 aromatic heterocycles. The lowest BCUT2D eigenvalue weighted by Crippen LogP contribution is -2.38. The number of nitrogens with zero attached hydrogens (tertiary/aromatic N) is 2. The lowest BCUT2D eigenvalue weighted by molar-refractivity contribution is -0.385. The topological polar surface area (TPSA) is 135 Å². The van der Waals surface area contributed by atoms with Gasteiger partial charge in [-0.3, -0.25) is 10.1 Å². The predicted molar refractivity (Wildman–Crippen MR) is 81.1 cm³/mol. The first-order chi connectivity index (χ1) is 10.5. The van der Waals surface area contributed by atoms with Crippen LogP contribution in [0.1, 0.15) is 32.4 Å². The number of nitrogens with one attached hydrogen (secondary N) is 1. The monoisotopic (exact) mass is 347 g/mol. The molecule has 0 aliphatic carbocycles. The van der Waals surface area contributed by atoms with Gasteiger partial charge in [0.05, 0.1) is 4.92 Å². The number of rotatable bonds is 5. The van der Waals surface area contributed by atoms with Gasteiger partial charge in [-0.1, -0.05) is 11.6 Å². The Morgan fingerprint density at radius 2 is 2.13 bits per heavy atom. The summed E-state index contributed by atoms with van der Waals surface area (Å²) in [6.45, 7) is 4.68. The van der Waals surface area contributed by atoms with Crippen LogP contribution < -0.4 is 5.32 Å². The predicted octanol–water partition coefficient (Wildman–Crippen LogP) is 1.56. The highest BCUT2D eigenvalue weighted by molar-refractivity contribution is 6.30. The van der Waals surface area contributed by atoms with Crippen LogP contribution in [0.2, 0.25) is 5.15 Å². The van der Waals surface area contributed by atoms with Gasteiger partial charge in [-0.05, 0) is 20.8 Å². The number of aliphatic hydroxyl groups excluding tert-OH is 2. The molecule has 9 nitrogen and oxygen atoms in total. The molecule has 0 bridgehead atoms. The van der Waals surface area contributed by atoms with E-state index in [1.165, 1.54) is 0 Å². The zero-order valence-corrected chi connectivity index (χ0v) is 13.6. The van der Waals surface area contributed by atoms with Gasteiger partial charge in [-0.2, -0.15) is 0 Å². The molecule has 10 heteroatoms. The minimum absolute atomic E-state index is 0.112. The number of hydrogen-bond acceptors (Lipinski definition) is 7. The molecule has 23 heavy (non-hydrogen) atoms. The van der Waals surface area contributed by atoms with Crippen molar-refractivity contribution < 1.29 is 24.7 Å². The highest BCUT2D eigenvalue weighted by Gasteiger charge is 2.25. The molecule has 2 unspecified atom stereocenters. The van der Waals surface area contributed by atoms with Crippen LogP contribution in [0.3, 0.4) is 0 Å². The second kappa shape index (κ2) is 7.53. The Kier molecular flexibility index (Phi) is 6.25. The lowest BCUT2D eigenvalue weighted by Gasteiger charge is -2.22. The highest BCUT2D eigenvalue weighted by atomic mass is 35.5. The normalized spacial score (nSPS) is 14.0. The lowest BCUT2D eigenvalue weighted by atomic mass is 10.1. The Morgan fingerprint density at radius 3 is 2.65 bits per heavy atom. The SMILES string of the molecule is CC(C)(C)OC(=O)NCC(O)C(O)c1cc([N+](=O)[O-])cnc1Cl. The van der Waals surface area contributed by atoms with E-state index in [0.29, 0.717) is 0 Å². The van der Waals surface area contributed by atoms with Crippen LogP contribution in [0, 0.1) is 10.1 Å². The molecule has 0 saturated heterocycles. The number of nitro groups is 1. The van der Waals surface area contributed by atoms with Crippen LogP contribution in [0.15, 0.2) is 12.3 Å². The number of aliphatic hydroxyl groups is 2. The number of pyridine rings is 1. The van der Waals surface area contributed by atoms with Crippen LogP contribution in [-0.2, 0) is 4.74 Å². The smallest absolute Gasteiger partial charge is 0.407 e. The molecule has 1 amide bonds. The Morgan fingerprint density at radius 1 is 1.52 bits per heavy atom. The minimum Gasteiger partial charge on any atom is -0.444 e. The number of ether oxygens (including phenoxy) is 1. The average molecular weight is 348 g/mol. The molecule has 0 spiro atoms. The third kappa shape index (κ3) is 5.97. The van der Waals surface area contributed by atoms with Crippen LogP contribution in [0.5, 0.6) is 0 Å². The molecular weight excluding hydrogens is 330 g/mol. The zero-order chi connectivity index (χ0) is 17.8. The number of halogens is 1. The third-order valence-electron chi connectivity index (χ3n) is 2.60. The summed E-state index contributed by atoms with van der Waals surface area (Å²) in [6, 6.07) is 1.01. The summed E-state index contributed by atoms with van der Waals surface area (Å²) in [5.74, 6) is 0. The second-order valence-corrected chi connectivity index (χ2v) is 6.08. The molecule has 1 rings (SSSR count). The first kappa shape index (κ1) is 19.1. The van der Waals surface area contributed by atoms with E-state index in [9.17, 15) is 25.1 Å². The van der Waals surface area contributed by atoms with Gasteiger partial charge in [0, 0.05) is 18.2 Å². The molecule has 0 saturated carbocycles. The highest BCUT2D eigenvalue weighted by Crippen LogP contribution is 2.27. The minimum atomic E-state index is -1.56. The summed E-state index contributed by atoms with van der Waals surface area (Å²) < 4.78 is 4.98. The van der Waals surface area contributed by atoms with Crippen molar-refractivity contribution in [3.8, 4) is 0 Å². The van der Waals surface area contributed by atoms with Crippen molar-refractivity contribution in [1.82, 2.24) is 10.3 Å². The maximum absolute atomic E-state index is 11.5. The van der Waals surface area contributed by atoms with Crippen molar-refractivity contribution in [1.29, 1.82) is 0 Å². The van der Waals surface area contributed by atoms with Crippen molar-refractivity contribution in [3.05, 3.63) is 33.1 Å². The number of aromatic nitrogens is 1. The number of amides is 1. The van der Waals surface area contributed by atoms with Gasteiger partial charge in [-0.25, -0.2) is 9.78 Å². The Hall–Kier alpha value is -1.97. The van der Waals surface area contributed by atoms with Gasteiger partial charge in [0.15, 0.2) is 0 Å². The maximum atomic E-state index is 11.5. The fourth-order valence-electron chi connectivity index (χ4n) is 1.58. The largest absolute Gasteiger partial charge is 0.444 e. The summed E-state index contributed by atoms with van der Waals surface area (Å²) in [5, 5.41) is 32.7. The van der Waals surface area contributed by atoms with E-state index in [1.54, 1.807) is 20.8 Å². The molecule has 1 aromatic rings. The molecule has 3 N–H and O–H groups in total.